The van der Waals surface area contributed by atoms with E-state index in [1.807, 2.05) is 37.3 Å². The zero-order chi connectivity index (χ0) is 13.8. The third kappa shape index (κ3) is 2.95. The fraction of sp³-hybridized carbons (Fsp3) is 0.467. The minimum atomic E-state index is -0.300. The molecular formula is C15H19NO3. The van der Waals surface area contributed by atoms with Gasteiger partial charge in [0.25, 0.3) is 0 Å². The largest absolute Gasteiger partial charge is 0.461 e. The molecule has 4 heteroatoms. The van der Waals surface area contributed by atoms with Crippen LogP contribution in [0.2, 0.25) is 0 Å². The maximum absolute atomic E-state index is 11.9. The van der Waals surface area contributed by atoms with E-state index in [4.69, 9.17) is 4.74 Å². The Hall–Kier alpha value is -1.84. The van der Waals surface area contributed by atoms with Gasteiger partial charge < -0.3 is 10.1 Å². The molecule has 3 atom stereocenters. The fourth-order valence-electron chi connectivity index (χ4n) is 2.36. The summed E-state index contributed by atoms with van der Waals surface area (Å²) in [6.45, 7) is 4.04. The number of amides is 1. The van der Waals surface area contributed by atoms with Crippen LogP contribution in [0.3, 0.4) is 0 Å². The van der Waals surface area contributed by atoms with E-state index in [-0.39, 0.29) is 36.4 Å². The van der Waals surface area contributed by atoms with Gasteiger partial charge in [-0.25, -0.2) is 0 Å². The van der Waals surface area contributed by atoms with Crippen molar-refractivity contribution < 1.29 is 14.3 Å². The van der Waals surface area contributed by atoms with Crippen LogP contribution in [-0.2, 0) is 20.9 Å². The number of carbonyl (C=O) groups excluding carboxylic acids is 2. The lowest BCUT2D eigenvalue weighted by Gasteiger charge is -2.39. The molecule has 1 aromatic carbocycles. The van der Waals surface area contributed by atoms with Gasteiger partial charge in [0.05, 0.1) is 17.9 Å². The van der Waals surface area contributed by atoms with Crippen molar-refractivity contribution in [3.8, 4) is 0 Å². The van der Waals surface area contributed by atoms with Gasteiger partial charge in [-0.3, -0.25) is 9.59 Å². The number of carbonyl (C=O) groups is 2. The van der Waals surface area contributed by atoms with Crippen LogP contribution in [0.5, 0.6) is 0 Å². The van der Waals surface area contributed by atoms with Crippen molar-refractivity contribution in [1.82, 2.24) is 5.32 Å². The highest BCUT2D eigenvalue weighted by molar-refractivity contribution is 5.88. The van der Waals surface area contributed by atoms with Gasteiger partial charge >= 0.3 is 5.97 Å². The summed E-state index contributed by atoms with van der Waals surface area (Å²) in [4.78, 5) is 23.3. The highest BCUT2D eigenvalue weighted by Gasteiger charge is 2.43. The van der Waals surface area contributed by atoms with E-state index in [2.05, 4.69) is 5.32 Å². The summed E-state index contributed by atoms with van der Waals surface area (Å²) in [5.74, 6) is -0.576. The Morgan fingerprint density at radius 1 is 1.37 bits per heavy atom. The first-order valence-corrected chi connectivity index (χ1v) is 6.64. The van der Waals surface area contributed by atoms with Crippen LogP contribution in [0, 0.1) is 11.8 Å². The smallest absolute Gasteiger partial charge is 0.311 e. The topological polar surface area (TPSA) is 55.4 Å². The van der Waals surface area contributed by atoms with E-state index in [1.165, 1.54) is 0 Å². The molecule has 1 aliphatic heterocycles. The van der Waals surface area contributed by atoms with Gasteiger partial charge in [-0.15, -0.1) is 0 Å². The van der Waals surface area contributed by atoms with Crippen molar-refractivity contribution in [2.75, 3.05) is 0 Å². The van der Waals surface area contributed by atoms with E-state index in [0.29, 0.717) is 0 Å². The lowest BCUT2D eigenvalue weighted by atomic mass is 9.80. The van der Waals surface area contributed by atoms with Gasteiger partial charge in [-0.05, 0) is 18.9 Å². The Morgan fingerprint density at radius 2 is 2.05 bits per heavy atom. The lowest BCUT2D eigenvalue weighted by molar-refractivity contribution is -0.154. The second-order valence-corrected chi connectivity index (χ2v) is 4.93. The Labute approximate surface area is 113 Å². The second-order valence-electron chi connectivity index (χ2n) is 4.93. The normalized spacial score (nSPS) is 23.2. The van der Waals surface area contributed by atoms with Gasteiger partial charge in [0.2, 0.25) is 5.91 Å². The number of benzene rings is 1. The fourth-order valence-corrected chi connectivity index (χ4v) is 2.36. The van der Waals surface area contributed by atoms with Crippen LogP contribution in [0.1, 0.15) is 25.8 Å². The van der Waals surface area contributed by atoms with Crippen LogP contribution < -0.4 is 5.32 Å². The maximum atomic E-state index is 11.9. The van der Waals surface area contributed by atoms with Gasteiger partial charge in [0.15, 0.2) is 0 Å². The third-order valence-electron chi connectivity index (χ3n) is 3.65. The van der Waals surface area contributed by atoms with Gasteiger partial charge in [-0.1, -0.05) is 37.3 Å². The van der Waals surface area contributed by atoms with Gasteiger partial charge in [0, 0.05) is 0 Å². The summed E-state index contributed by atoms with van der Waals surface area (Å²) in [5, 5.41) is 2.78. The quantitative estimate of drug-likeness (QED) is 0.650. The number of rotatable bonds is 5. The highest BCUT2D eigenvalue weighted by Crippen LogP contribution is 2.26. The number of ether oxygens (including phenoxy) is 1. The Balaban J connectivity index is 1.85. The number of esters is 1. The molecule has 0 bridgehead atoms. The average Bonchev–Trinajstić information content (AvgIpc) is 2.43. The molecule has 1 amide bonds. The summed E-state index contributed by atoms with van der Waals surface area (Å²) in [5.41, 5.74) is 0.965. The van der Waals surface area contributed by atoms with Crippen molar-refractivity contribution in [2.45, 2.75) is 32.9 Å². The molecule has 0 spiro atoms. The van der Waals surface area contributed by atoms with E-state index in [0.717, 1.165) is 12.0 Å². The monoisotopic (exact) mass is 261 g/mol. The molecule has 0 aromatic heterocycles. The number of β-lactam (4-membered cyclic amide) rings is 1. The first-order chi connectivity index (χ1) is 9.13. The van der Waals surface area contributed by atoms with Crippen molar-refractivity contribution in [2.24, 2.45) is 11.8 Å². The molecule has 1 N–H and O–H groups in total. The van der Waals surface area contributed by atoms with Crippen LogP contribution in [-0.4, -0.2) is 17.9 Å². The molecule has 1 aromatic rings. The summed E-state index contributed by atoms with van der Waals surface area (Å²) < 4.78 is 5.28. The molecule has 3 unspecified atom stereocenters. The summed E-state index contributed by atoms with van der Waals surface area (Å²) in [6.07, 6.45) is 0.757. The predicted molar refractivity (Wildman–Crippen MR) is 71.1 cm³/mol. The van der Waals surface area contributed by atoms with Crippen molar-refractivity contribution in [1.29, 1.82) is 0 Å². The van der Waals surface area contributed by atoms with E-state index < -0.39 is 0 Å². The Kier molecular flexibility index (Phi) is 4.20. The molecule has 2 rings (SSSR count). The average molecular weight is 261 g/mol. The van der Waals surface area contributed by atoms with Crippen LogP contribution >= 0.6 is 0 Å². The third-order valence-corrected chi connectivity index (χ3v) is 3.65. The molecular weight excluding hydrogens is 242 g/mol. The summed E-state index contributed by atoms with van der Waals surface area (Å²) in [7, 11) is 0. The minimum Gasteiger partial charge on any atom is -0.461 e. The van der Waals surface area contributed by atoms with Crippen LogP contribution in [0.15, 0.2) is 30.3 Å². The van der Waals surface area contributed by atoms with Crippen molar-refractivity contribution in [3.05, 3.63) is 35.9 Å². The second kappa shape index (κ2) is 5.87. The zero-order valence-electron chi connectivity index (χ0n) is 11.3. The number of nitrogens with one attached hydrogen (secondary N) is 1. The SMILES string of the molecule is CCC1C(=O)NC1C(C)C(=O)OCc1ccccc1. The van der Waals surface area contributed by atoms with Crippen molar-refractivity contribution in [3.63, 3.8) is 0 Å². The molecule has 1 fully saturated rings. The first kappa shape index (κ1) is 13.6. The highest BCUT2D eigenvalue weighted by atomic mass is 16.5. The van der Waals surface area contributed by atoms with Crippen LogP contribution in [0.25, 0.3) is 0 Å². The van der Waals surface area contributed by atoms with Crippen molar-refractivity contribution >= 4 is 11.9 Å². The van der Waals surface area contributed by atoms with Gasteiger partial charge in [-0.2, -0.15) is 0 Å². The first-order valence-electron chi connectivity index (χ1n) is 6.64. The molecule has 0 saturated carbocycles. The minimum absolute atomic E-state index is 0.0372. The molecule has 0 radical (unpaired) electrons. The molecule has 0 aliphatic carbocycles. The lowest BCUT2D eigenvalue weighted by Crippen LogP contribution is -2.62. The number of hydrogen-bond acceptors (Lipinski definition) is 3. The van der Waals surface area contributed by atoms with E-state index in [1.54, 1.807) is 6.92 Å². The standard InChI is InChI=1S/C15H19NO3/c1-3-12-13(16-14(12)17)10(2)15(18)19-9-11-7-5-4-6-8-11/h4-8,10,12-13H,3,9H2,1-2H3,(H,16,17). The van der Waals surface area contributed by atoms with E-state index in [9.17, 15) is 9.59 Å². The molecule has 19 heavy (non-hydrogen) atoms. The zero-order valence-corrected chi connectivity index (χ0v) is 11.3. The van der Waals surface area contributed by atoms with Crippen LogP contribution in [0.4, 0.5) is 0 Å². The molecule has 1 aliphatic rings. The Morgan fingerprint density at radius 3 is 2.63 bits per heavy atom. The predicted octanol–water partition coefficient (Wildman–Crippen LogP) is 1.89. The molecule has 1 heterocycles. The summed E-state index contributed by atoms with van der Waals surface area (Å²) >= 11 is 0. The molecule has 1 saturated heterocycles. The molecule has 102 valence electrons. The maximum Gasteiger partial charge on any atom is 0.311 e. The summed E-state index contributed by atoms with van der Waals surface area (Å²) in [6, 6.07) is 9.48. The Bertz CT molecular complexity index is 458. The van der Waals surface area contributed by atoms with E-state index >= 15 is 0 Å². The number of hydrogen-bond donors (Lipinski definition) is 1. The van der Waals surface area contributed by atoms with Gasteiger partial charge in [0.1, 0.15) is 6.61 Å². The molecule has 4 nitrogen and oxygen atoms in total.